The fraction of sp³-hybridized carbons (Fsp3) is 0.692. The summed E-state index contributed by atoms with van der Waals surface area (Å²) in [6, 6.07) is -3.23. The zero-order chi connectivity index (χ0) is 18.9. The second kappa shape index (κ2) is 10.8. The molecule has 3 atom stereocenters. The van der Waals surface area contributed by atoms with Crippen LogP contribution in [0.3, 0.4) is 0 Å². The molecule has 0 aliphatic rings. The maximum atomic E-state index is 12.1. The van der Waals surface area contributed by atoms with E-state index in [9.17, 15) is 19.2 Å². The van der Waals surface area contributed by atoms with Crippen LogP contribution in [0.15, 0.2) is 0 Å². The number of rotatable bonds is 10. The third-order valence-electron chi connectivity index (χ3n) is 3.07. The smallest absolute Gasteiger partial charge is 0.322 e. The Hall–Kier alpha value is -1.85. The number of thiol groups is 1. The highest BCUT2D eigenvalue weighted by atomic mass is 32.1. The highest BCUT2D eigenvalue weighted by Gasteiger charge is 2.27. The number of aliphatic hydroxyl groups is 1. The molecule has 10 nitrogen and oxygen atoms in total. The number of nitrogens with one attached hydrogen (secondary N) is 3. The van der Waals surface area contributed by atoms with E-state index in [1.165, 1.54) is 0 Å². The van der Waals surface area contributed by atoms with E-state index in [0.717, 1.165) is 0 Å². The Kier molecular flexibility index (Phi) is 10.0. The molecule has 0 aromatic carbocycles. The van der Waals surface area contributed by atoms with Crippen molar-refractivity contribution in [1.29, 1.82) is 0 Å². The molecule has 11 heteroatoms. The van der Waals surface area contributed by atoms with Gasteiger partial charge in [0.25, 0.3) is 0 Å². The summed E-state index contributed by atoms with van der Waals surface area (Å²) in [6.07, 6.45) is 0. The first-order chi connectivity index (χ1) is 11.1. The van der Waals surface area contributed by atoms with Crippen LogP contribution in [0.2, 0.25) is 0 Å². The Bertz CT molecular complexity index is 473. The monoisotopic (exact) mass is 364 g/mol. The van der Waals surface area contributed by atoms with Gasteiger partial charge in [0.05, 0.1) is 12.6 Å². The standard InChI is InChI=1S/C13H24N4O6S/c1-6(2)10(14)13(23)17-8(5-24)12(22)16-7(4-18)11(21)15-3-9(19)20/h6-8,10,18,24H,3-5,14H2,1-2H3,(H,15,21)(H,16,22)(H,17,23)(H,19,20). The predicted molar refractivity (Wildman–Crippen MR) is 88.3 cm³/mol. The minimum atomic E-state index is -1.35. The van der Waals surface area contributed by atoms with Gasteiger partial charge in [-0.1, -0.05) is 13.8 Å². The van der Waals surface area contributed by atoms with Crippen LogP contribution in [0, 0.1) is 5.92 Å². The van der Waals surface area contributed by atoms with Crippen molar-refractivity contribution in [2.24, 2.45) is 11.7 Å². The number of carboxylic acid groups (broad SMARTS) is 1. The summed E-state index contributed by atoms with van der Waals surface area (Å²) in [5.74, 6) is -3.63. The van der Waals surface area contributed by atoms with E-state index >= 15 is 0 Å². The maximum Gasteiger partial charge on any atom is 0.322 e. The van der Waals surface area contributed by atoms with Gasteiger partial charge in [0.1, 0.15) is 18.6 Å². The number of hydrogen-bond acceptors (Lipinski definition) is 7. The Morgan fingerprint density at radius 1 is 1.04 bits per heavy atom. The molecule has 0 spiro atoms. The lowest BCUT2D eigenvalue weighted by Crippen LogP contribution is -2.58. The topological polar surface area (TPSA) is 171 Å². The first kappa shape index (κ1) is 22.1. The SMILES string of the molecule is CC(C)C(N)C(=O)NC(CS)C(=O)NC(CO)C(=O)NCC(=O)O. The quantitative estimate of drug-likeness (QED) is 0.203. The third kappa shape index (κ3) is 7.62. The molecule has 0 radical (unpaired) electrons. The molecule has 3 unspecified atom stereocenters. The summed E-state index contributed by atoms with van der Waals surface area (Å²) in [5, 5.41) is 24.3. The molecule has 3 amide bonds. The number of carboxylic acids is 1. The molecular weight excluding hydrogens is 340 g/mol. The van der Waals surface area contributed by atoms with Gasteiger partial charge < -0.3 is 31.9 Å². The first-order valence-electron chi connectivity index (χ1n) is 7.21. The van der Waals surface area contributed by atoms with Gasteiger partial charge in [0.15, 0.2) is 0 Å². The van der Waals surface area contributed by atoms with Crippen LogP contribution in [0.5, 0.6) is 0 Å². The van der Waals surface area contributed by atoms with E-state index in [2.05, 4.69) is 23.3 Å². The van der Waals surface area contributed by atoms with E-state index in [-0.39, 0.29) is 11.7 Å². The number of carbonyl (C=O) groups is 4. The Balaban J connectivity index is 4.74. The van der Waals surface area contributed by atoms with Crippen LogP contribution >= 0.6 is 12.6 Å². The molecule has 0 fully saturated rings. The van der Waals surface area contributed by atoms with Crippen molar-refractivity contribution in [2.45, 2.75) is 32.0 Å². The largest absolute Gasteiger partial charge is 0.480 e. The number of aliphatic carboxylic acids is 1. The summed E-state index contributed by atoms with van der Waals surface area (Å²) in [7, 11) is 0. The van der Waals surface area contributed by atoms with Crippen LogP contribution in [-0.2, 0) is 19.2 Å². The summed E-state index contributed by atoms with van der Waals surface area (Å²) >= 11 is 3.96. The summed E-state index contributed by atoms with van der Waals surface area (Å²) in [5.41, 5.74) is 5.68. The Morgan fingerprint density at radius 3 is 2.00 bits per heavy atom. The normalized spacial score (nSPS) is 14.4. The van der Waals surface area contributed by atoms with Gasteiger partial charge >= 0.3 is 5.97 Å². The van der Waals surface area contributed by atoms with Gasteiger partial charge in [0, 0.05) is 5.75 Å². The number of hydrogen-bond donors (Lipinski definition) is 7. The van der Waals surface area contributed by atoms with E-state index in [1.54, 1.807) is 13.8 Å². The Morgan fingerprint density at radius 2 is 1.58 bits per heavy atom. The van der Waals surface area contributed by atoms with Crippen LogP contribution in [0.25, 0.3) is 0 Å². The van der Waals surface area contributed by atoms with Gasteiger partial charge in [-0.05, 0) is 5.92 Å². The van der Waals surface area contributed by atoms with Gasteiger partial charge in [0.2, 0.25) is 17.7 Å². The fourth-order valence-corrected chi connectivity index (χ4v) is 1.77. The molecule has 0 aromatic heterocycles. The summed E-state index contributed by atoms with van der Waals surface area (Å²) in [4.78, 5) is 46.0. The van der Waals surface area contributed by atoms with Crippen molar-refractivity contribution in [3.63, 3.8) is 0 Å². The molecule has 0 saturated carbocycles. The van der Waals surface area contributed by atoms with Crippen LogP contribution in [-0.4, -0.2) is 70.9 Å². The fourth-order valence-electron chi connectivity index (χ4n) is 1.52. The van der Waals surface area contributed by atoms with Crippen LogP contribution in [0.4, 0.5) is 0 Å². The summed E-state index contributed by atoms with van der Waals surface area (Å²) < 4.78 is 0. The number of aliphatic hydroxyl groups excluding tert-OH is 1. The van der Waals surface area contributed by atoms with Crippen LogP contribution in [0.1, 0.15) is 13.8 Å². The third-order valence-corrected chi connectivity index (χ3v) is 3.43. The molecule has 0 aromatic rings. The Labute approximate surface area is 144 Å². The van der Waals surface area contributed by atoms with E-state index in [0.29, 0.717) is 0 Å². The lowest BCUT2D eigenvalue weighted by atomic mass is 10.0. The van der Waals surface area contributed by atoms with E-state index in [4.69, 9.17) is 15.9 Å². The van der Waals surface area contributed by atoms with Crippen molar-refractivity contribution in [3.05, 3.63) is 0 Å². The maximum absolute atomic E-state index is 12.1. The average Bonchev–Trinajstić information content (AvgIpc) is 2.53. The molecule has 0 rings (SSSR count). The molecule has 0 aliphatic carbocycles. The van der Waals surface area contributed by atoms with Gasteiger partial charge in [-0.25, -0.2) is 0 Å². The lowest BCUT2D eigenvalue weighted by molar-refractivity contribution is -0.138. The van der Waals surface area contributed by atoms with Gasteiger partial charge in [-0.2, -0.15) is 12.6 Å². The van der Waals surface area contributed by atoms with Crippen molar-refractivity contribution in [2.75, 3.05) is 18.9 Å². The molecule has 0 bridgehead atoms. The molecule has 138 valence electrons. The minimum Gasteiger partial charge on any atom is -0.480 e. The van der Waals surface area contributed by atoms with Crippen molar-refractivity contribution in [3.8, 4) is 0 Å². The number of amides is 3. The molecule has 0 aliphatic heterocycles. The number of carbonyl (C=O) groups excluding carboxylic acids is 3. The minimum absolute atomic E-state index is 0.0583. The van der Waals surface area contributed by atoms with Gasteiger partial charge in [-0.15, -0.1) is 0 Å². The second-order valence-corrected chi connectivity index (χ2v) is 5.73. The average molecular weight is 364 g/mol. The zero-order valence-corrected chi connectivity index (χ0v) is 14.4. The predicted octanol–water partition coefficient (Wildman–Crippen LogP) is -2.94. The first-order valence-corrected chi connectivity index (χ1v) is 7.84. The zero-order valence-electron chi connectivity index (χ0n) is 13.5. The highest BCUT2D eigenvalue weighted by molar-refractivity contribution is 7.80. The second-order valence-electron chi connectivity index (χ2n) is 5.37. The molecule has 7 N–H and O–H groups in total. The van der Waals surface area contributed by atoms with E-state index in [1.807, 2.05) is 5.32 Å². The lowest BCUT2D eigenvalue weighted by Gasteiger charge is -2.23. The van der Waals surface area contributed by atoms with Crippen molar-refractivity contribution >= 4 is 36.3 Å². The van der Waals surface area contributed by atoms with E-state index < -0.39 is 55.0 Å². The van der Waals surface area contributed by atoms with Crippen molar-refractivity contribution in [1.82, 2.24) is 16.0 Å². The van der Waals surface area contributed by atoms with Crippen LogP contribution < -0.4 is 21.7 Å². The summed E-state index contributed by atoms with van der Waals surface area (Å²) in [6.45, 7) is 2.10. The van der Waals surface area contributed by atoms with Crippen molar-refractivity contribution < 1.29 is 29.4 Å². The molecular formula is C13H24N4O6S. The molecule has 24 heavy (non-hydrogen) atoms. The number of nitrogens with two attached hydrogens (primary N) is 1. The highest BCUT2D eigenvalue weighted by Crippen LogP contribution is 2.00. The van der Waals surface area contributed by atoms with Gasteiger partial charge in [-0.3, -0.25) is 19.2 Å². The molecule has 0 saturated heterocycles. The molecule has 0 heterocycles.